The summed E-state index contributed by atoms with van der Waals surface area (Å²) in [7, 11) is 1.30. The fourth-order valence-corrected chi connectivity index (χ4v) is 2.44. The van der Waals surface area contributed by atoms with Crippen molar-refractivity contribution < 1.29 is 19.1 Å². The Balaban J connectivity index is 2.01. The van der Waals surface area contributed by atoms with Gasteiger partial charge in [-0.1, -0.05) is 41.9 Å². The average molecular weight is 342 g/mol. The summed E-state index contributed by atoms with van der Waals surface area (Å²) in [6, 6.07) is 13.7. The van der Waals surface area contributed by atoms with Crippen LogP contribution in [-0.2, 0) is 14.3 Å². The highest BCUT2D eigenvalue weighted by Crippen LogP contribution is 2.24. The van der Waals surface area contributed by atoms with Crippen molar-refractivity contribution in [3.8, 4) is 0 Å². The standard InChI is InChI=1S/C18H12ClNO4/c1-23-17(21)12-7-3-2-6-11(12)10-15-18(22)24-16(20-15)13-8-4-5-9-14(13)19/h2-10H,1H3. The number of methoxy groups -OCH3 is 1. The third-order valence-corrected chi connectivity index (χ3v) is 3.71. The molecule has 0 atom stereocenters. The molecule has 0 aliphatic carbocycles. The van der Waals surface area contributed by atoms with Gasteiger partial charge in [-0.25, -0.2) is 14.6 Å². The number of cyclic esters (lactones) is 1. The number of hydrogen-bond donors (Lipinski definition) is 0. The third kappa shape index (κ3) is 3.07. The molecule has 0 aromatic heterocycles. The number of carbonyl (C=O) groups is 2. The van der Waals surface area contributed by atoms with Gasteiger partial charge in [-0.15, -0.1) is 0 Å². The lowest BCUT2D eigenvalue weighted by Gasteiger charge is -2.03. The highest BCUT2D eigenvalue weighted by atomic mass is 35.5. The van der Waals surface area contributed by atoms with Crippen molar-refractivity contribution in [3.63, 3.8) is 0 Å². The van der Waals surface area contributed by atoms with E-state index >= 15 is 0 Å². The minimum absolute atomic E-state index is 0.0845. The van der Waals surface area contributed by atoms with Crippen molar-refractivity contribution in [2.75, 3.05) is 7.11 Å². The van der Waals surface area contributed by atoms with Crippen LogP contribution in [0.25, 0.3) is 6.08 Å². The fraction of sp³-hybridized carbons (Fsp3) is 0.0556. The Hall–Kier alpha value is -2.92. The zero-order chi connectivity index (χ0) is 17.1. The molecule has 1 aliphatic rings. The molecule has 2 aromatic rings. The molecule has 3 rings (SSSR count). The maximum atomic E-state index is 12.1. The van der Waals surface area contributed by atoms with E-state index in [2.05, 4.69) is 4.99 Å². The molecule has 0 saturated carbocycles. The van der Waals surface area contributed by atoms with Crippen molar-refractivity contribution in [2.45, 2.75) is 0 Å². The molecule has 0 spiro atoms. The number of aliphatic imine (C=N–C) groups is 1. The molecule has 0 fully saturated rings. The number of benzene rings is 2. The first kappa shape index (κ1) is 16.0. The Kier molecular flexibility index (Phi) is 4.44. The quantitative estimate of drug-likeness (QED) is 0.633. The van der Waals surface area contributed by atoms with Crippen LogP contribution in [0.3, 0.4) is 0 Å². The largest absolute Gasteiger partial charge is 0.465 e. The summed E-state index contributed by atoms with van der Waals surface area (Å²) in [5.41, 5.74) is 1.46. The second-order valence-corrected chi connectivity index (χ2v) is 5.30. The van der Waals surface area contributed by atoms with E-state index in [0.717, 1.165) is 0 Å². The Morgan fingerprint density at radius 3 is 2.62 bits per heavy atom. The molecule has 24 heavy (non-hydrogen) atoms. The Morgan fingerprint density at radius 1 is 1.17 bits per heavy atom. The monoisotopic (exact) mass is 341 g/mol. The van der Waals surface area contributed by atoms with E-state index in [1.807, 2.05) is 0 Å². The van der Waals surface area contributed by atoms with Crippen molar-refractivity contribution in [3.05, 3.63) is 75.9 Å². The Morgan fingerprint density at radius 2 is 1.88 bits per heavy atom. The van der Waals surface area contributed by atoms with E-state index in [-0.39, 0.29) is 11.6 Å². The molecule has 1 heterocycles. The molecule has 6 heteroatoms. The lowest BCUT2D eigenvalue weighted by molar-refractivity contribution is -0.129. The van der Waals surface area contributed by atoms with Crippen LogP contribution in [0.4, 0.5) is 0 Å². The molecule has 0 bridgehead atoms. The predicted molar refractivity (Wildman–Crippen MR) is 89.8 cm³/mol. The summed E-state index contributed by atoms with van der Waals surface area (Å²) in [5.74, 6) is -0.971. The maximum absolute atomic E-state index is 12.1. The number of hydrogen-bond acceptors (Lipinski definition) is 5. The first-order valence-electron chi connectivity index (χ1n) is 7.05. The smallest absolute Gasteiger partial charge is 0.363 e. The molecule has 1 aliphatic heterocycles. The molecule has 0 radical (unpaired) electrons. The van der Waals surface area contributed by atoms with Crippen molar-refractivity contribution >= 4 is 35.5 Å². The third-order valence-electron chi connectivity index (χ3n) is 3.38. The van der Waals surface area contributed by atoms with Gasteiger partial charge in [0.2, 0.25) is 5.90 Å². The summed E-state index contributed by atoms with van der Waals surface area (Å²) in [6.07, 6.45) is 1.48. The van der Waals surface area contributed by atoms with Crippen LogP contribution in [0.5, 0.6) is 0 Å². The van der Waals surface area contributed by atoms with Gasteiger partial charge in [-0.2, -0.15) is 0 Å². The second kappa shape index (κ2) is 6.68. The SMILES string of the molecule is COC(=O)c1ccccc1C=C1N=C(c2ccccc2Cl)OC1=O. The number of carbonyl (C=O) groups excluding carboxylic acids is 2. The summed E-state index contributed by atoms with van der Waals surface area (Å²) >= 11 is 6.09. The number of ether oxygens (including phenoxy) is 2. The Bertz CT molecular complexity index is 886. The van der Waals surface area contributed by atoms with E-state index in [1.54, 1.807) is 48.5 Å². The van der Waals surface area contributed by atoms with E-state index in [4.69, 9.17) is 21.1 Å². The van der Waals surface area contributed by atoms with Gasteiger partial charge < -0.3 is 9.47 Å². The summed E-state index contributed by atoms with van der Waals surface area (Å²) < 4.78 is 9.92. The summed E-state index contributed by atoms with van der Waals surface area (Å²) in [6.45, 7) is 0. The van der Waals surface area contributed by atoms with Crippen LogP contribution in [0.2, 0.25) is 5.02 Å². The molecule has 5 nitrogen and oxygen atoms in total. The van der Waals surface area contributed by atoms with E-state index in [0.29, 0.717) is 21.7 Å². The number of rotatable bonds is 3. The number of esters is 2. The predicted octanol–water partition coefficient (Wildman–Crippen LogP) is 3.47. The highest BCUT2D eigenvalue weighted by Gasteiger charge is 2.26. The Labute approximate surface area is 143 Å². The lowest BCUT2D eigenvalue weighted by atomic mass is 10.1. The van der Waals surface area contributed by atoms with Crippen LogP contribution in [0.15, 0.2) is 59.2 Å². The fourth-order valence-electron chi connectivity index (χ4n) is 2.23. The second-order valence-electron chi connectivity index (χ2n) is 4.89. The minimum Gasteiger partial charge on any atom is -0.465 e. The van der Waals surface area contributed by atoms with E-state index < -0.39 is 11.9 Å². The van der Waals surface area contributed by atoms with Gasteiger partial charge >= 0.3 is 11.9 Å². The molecule has 0 saturated heterocycles. The van der Waals surface area contributed by atoms with Gasteiger partial charge in [0, 0.05) is 0 Å². The van der Waals surface area contributed by atoms with Gasteiger partial charge in [0.25, 0.3) is 0 Å². The van der Waals surface area contributed by atoms with Gasteiger partial charge in [-0.05, 0) is 29.8 Å². The zero-order valence-corrected chi connectivity index (χ0v) is 13.4. The lowest BCUT2D eigenvalue weighted by Crippen LogP contribution is -2.06. The van der Waals surface area contributed by atoms with Crippen LogP contribution in [0, 0.1) is 0 Å². The molecular weight excluding hydrogens is 330 g/mol. The van der Waals surface area contributed by atoms with Crippen LogP contribution >= 0.6 is 11.6 Å². The van der Waals surface area contributed by atoms with Crippen LogP contribution in [-0.4, -0.2) is 24.9 Å². The topological polar surface area (TPSA) is 65.0 Å². The van der Waals surface area contributed by atoms with Gasteiger partial charge in [0.15, 0.2) is 5.70 Å². The van der Waals surface area contributed by atoms with Gasteiger partial charge in [0.1, 0.15) is 0 Å². The van der Waals surface area contributed by atoms with Crippen LogP contribution < -0.4 is 0 Å². The van der Waals surface area contributed by atoms with E-state index in [1.165, 1.54) is 13.2 Å². The van der Waals surface area contributed by atoms with Crippen molar-refractivity contribution in [2.24, 2.45) is 4.99 Å². The number of nitrogens with zero attached hydrogens (tertiary/aromatic N) is 1. The summed E-state index contributed by atoms with van der Waals surface area (Å²) in [4.78, 5) is 28.1. The molecule has 2 aromatic carbocycles. The molecule has 0 N–H and O–H groups in total. The van der Waals surface area contributed by atoms with Crippen molar-refractivity contribution in [1.82, 2.24) is 0 Å². The normalized spacial score (nSPS) is 15.2. The molecule has 0 amide bonds. The van der Waals surface area contributed by atoms with Crippen LogP contribution in [0.1, 0.15) is 21.5 Å². The first-order valence-corrected chi connectivity index (χ1v) is 7.43. The molecule has 0 unspecified atom stereocenters. The van der Waals surface area contributed by atoms with E-state index in [9.17, 15) is 9.59 Å². The number of halogens is 1. The zero-order valence-electron chi connectivity index (χ0n) is 12.7. The van der Waals surface area contributed by atoms with Gasteiger partial charge in [-0.3, -0.25) is 0 Å². The summed E-state index contributed by atoms with van der Waals surface area (Å²) in [5, 5.41) is 0.431. The molecular formula is C18H12ClNO4. The maximum Gasteiger partial charge on any atom is 0.363 e. The van der Waals surface area contributed by atoms with Gasteiger partial charge in [0.05, 0.1) is 23.3 Å². The average Bonchev–Trinajstić information content (AvgIpc) is 2.95. The highest BCUT2D eigenvalue weighted by molar-refractivity contribution is 6.34. The first-order chi connectivity index (χ1) is 11.6. The molecule has 120 valence electrons. The van der Waals surface area contributed by atoms with Crippen molar-refractivity contribution in [1.29, 1.82) is 0 Å². The minimum atomic E-state index is -0.607.